The molecule has 0 aromatic heterocycles. The lowest BCUT2D eigenvalue weighted by Crippen LogP contribution is -2.29. The summed E-state index contributed by atoms with van der Waals surface area (Å²) >= 11 is 0. The number of carbonyl (C=O) groups excluding carboxylic acids is 3. The van der Waals surface area contributed by atoms with E-state index < -0.39 is 28.6 Å². The van der Waals surface area contributed by atoms with E-state index in [9.17, 15) is 29.3 Å². The molecule has 3 aromatic rings. The molecule has 32 heavy (non-hydrogen) atoms. The van der Waals surface area contributed by atoms with E-state index in [1.807, 2.05) is 0 Å². The van der Waals surface area contributed by atoms with E-state index in [0.29, 0.717) is 0 Å². The van der Waals surface area contributed by atoms with Gasteiger partial charge < -0.3 is 10.4 Å². The number of anilines is 2. The number of carboxylic acids is 1. The van der Waals surface area contributed by atoms with Crippen LogP contribution in [-0.2, 0) is 0 Å². The number of hydrogen-bond donors (Lipinski definition) is 2. The van der Waals surface area contributed by atoms with Crippen LogP contribution in [0.5, 0.6) is 0 Å². The van der Waals surface area contributed by atoms with Crippen LogP contribution in [0.15, 0.2) is 66.7 Å². The van der Waals surface area contributed by atoms with Gasteiger partial charge in [0.25, 0.3) is 23.4 Å². The number of benzene rings is 3. The van der Waals surface area contributed by atoms with E-state index in [4.69, 9.17) is 5.11 Å². The molecule has 0 spiro atoms. The number of carbonyl (C=O) groups is 4. The SMILES string of the molecule is O=C(O)c1ccc(N2C(=O)c3ccc(NC(=O)c4cccc([N+](=O)[O-])c4)cc3C2=O)cc1. The van der Waals surface area contributed by atoms with Gasteiger partial charge in [0.15, 0.2) is 0 Å². The van der Waals surface area contributed by atoms with Crippen LogP contribution in [0.4, 0.5) is 17.1 Å². The number of hydrogen-bond acceptors (Lipinski definition) is 6. The number of nitrogens with one attached hydrogen (secondary N) is 1. The molecule has 0 bridgehead atoms. The van der Waals surface area contributed by atoms with Crippen molar-refractivity contribution >= 4 is 40.8 Å². The second-order valence-corrected chi connectivity index (χ2v) is 6.82. The average Bonchev–Trinajstić information content (AvgIpc) is 3.03. The minimum absolute atomic E-state index is 0.0107. The van der Waals surface area contributed by atoms with Gasteiger partial charge in [-0.15, -0.1) is 0 Å². The number of rotatable bonds is 5. The first-order chi connectivity index (χ1) is 15.3. The largest absolute Gasteiger partial charge is 0.478 e. The summed E-state index contributed by atoms with van der Waals surface area (Å²) < 4.78 is 0. The molecule has 10 nitrogen and oxygen atoms in total. The molecule has 0 fully saturated rings. The van der Waals surface area contributed by atoms with Crippen LogP contribution in [-0.4, -0.2) is 33.7 Å². The summed E-state index contributed by atoms with van der Waals surface area (Å²) in [6.07, 6.45) is 0. The predicted molar refractivity (Wildman–Crippen MR) is 112 cm³/mol. The van der Waals surface area contributed by atoms with Crippen LogP contribution in [0.25, 0.3) is 0 Å². The van der Waals surface area contributed by atoms with Crippen molar-refractivity contribution in [3.63, 3.8) is 0 Å². The van der Waals surface area contributed by atoms with E-state index in [1.165, 1.54) is 60.7 Å². The number of nitro benzene ring substituents is 1. The quantitative estimate of drug-likeness (QED) is 0.358. The average molecular weight is 431 g/mol. The number of imide groups is 1. The molecule has 0 saturated heterocycles. The van der Waals surface area contributed by atoms with Gasteiger partial charge in [0, 0.05) is 23.4 Å². The molecule has 0 radical (unpaired) electrons. The first kappa shape index (κ1) is 20.4. The van der Waals surface area contributed by atoms with Crippen molar-refractivity contribution in [1.82, 2.24) is 0 Å². The maximum absolute atomic E-state index is 12.9. The summed E-state index contributed by atoms with van der Waals surface area (Å²) in [6, 6.07) is 14.6. The maximum Gasteiger partial charge on any atom is 0.335 e. The molecule has 1 aliphatic heterocycles. The van der Waals surface area contributed by atoms with Crippen LogP contribution in [0, 0.1) is 10.1 Å². The first-order valence-corrected chi connectivity index (χ1v) is 9.18. The third-order valence-corrected chi connectivity index (χ3v) is 4.84. The number of amides is 3. The minimum Gasteiger partial charge on any atom is -0.478 e. The summed E-state index contributed by atoms with van der Waals surface area (Å²) in [6.45, 7) is 0. The van der Waals surface area contributed by atoms with E-state index in [2.05, 4.69) is 5.32 Å². The van der Waals surface area contributed by atoms with Crippen molar-refractivity contribution < 1.29 is 29.2 Å². The summed E-state index contributed by atoms with van der Waals surface area (Å²) in [5.41, 5.74) is 0.461. The van der Waals surface area contributed by atoms with E-state index in [0.717, 1.165) is 11.0 Å². The zero-order valence-corrected chi connectivity index (χ0v) is 16.1. The van der Waals surface area contributed by atoms with Crippen molar-refractivity contribution in [3.05, 3.63) is 99.1 Å². The molecule has 2 N–H and O–H groups in total. The Bertz CT molecular complexity index is 1320. The molecule has 158 valence electrons. The van der Waals surface area contributed by atoms with Gasteiger partial charge in [0.1, 0.15) is 0 Å². The molecule has 0 unspecified atom stereocenters. The van der Waals surface area contributed by atoms with Gasteiger partial charge >= 0.3 is 5.97 Å². The second-order valence-electron chi connectivity index (χ2n) is 6.82. The summed E-state index contributed by atoms with van der Waals surface area (Å²) in [5.74, 6) is -2.96. The lowest BCUT2D eigenvalue weighted by molar-refractivity contribution is -0.384. The highest BCUT2D eigenvalue weighted by Gasteiger charge is 2.37. The van der Waals surface area contributed by atoms with Gasteiger partial charge in [-0.1, -0.05) is 6.07 Å². The normalized spacial score (nSPS) is 12.4. The maximum atomic E-state index is 12.9. The van der Waals surface area contributed by atoms with Gasteiger partial charge in [-0.25, -0.2) is 9.69 Å². The van der Waals surface area contributed by atoms with Gasteiger partial charge in [-0.05, 0) is 48.5 Å². The Balaban J connectivity index is 1.59. The van der Waals surface area contributed by atoms with Crippen LogP contribution < -0.4 is 10.2 Å². The molecule has 0 atom stereocenters. The molecular weight excluding hydrogens is 418 g/mol. The fraction of sp³-hybridized carbons (Fsp3) is 0. The third-order valence-electron chi connectivity index (χ3n) is 4.84. The van der Waals surface area contributed by atoms with Crippen molar-refractivity contribution in [3.8, 4) is 0 Å². The molecule has 1 aliphatic rings. The number of non-ortho nitro benzene ring substituents is 1. The number of nitro groups is 1. The van der Waals surface area contributed by atoms with Crippen molar-refractivity contribution in [2.24, 2.45) is 0 Å². The van der Waals surface area contributed by atoms with Crippen LogP contribution in [0.3, 0.4) is 0 Å². The van der Waals surface area contributed by atoms with E-state index >= 15 is 0 Å². The standard InChI is InChI=1S/C22H13N3O7/c26-19(13-2-1-3-16(10-13)25(31)32)23-14-6-9-17-18(11-14)21(28)24(20(17)27)15-7-4-12(5-8-15)22(29)30/h1-11H,(H,23,26)(H,29,30). The smallest absolute Gasteiger partial charge is 0.335 e. The number of nitrogens with zero attached hydrogens (tertiary/aromatic N) is 2. The summed E-state index contributed by atoms with van der Waals surface area (Å²) in [7, 11) is 0. The van der Waals surface area contributed by atoms with Gasteiger partial charge in [0.05, 0.1) is 27.3 Å². The van der Waals surface area contributed by atoms with Gasteiger partial charge in [-0.2, -0.15) is 0 Å². The van der Waals surface area contributed by atoms with Crippen molar-refractivity contribution in [2.45, 2.75) is 0 Å². The second kappa shape index (κ2) is 7.76. The van der Waals surface area contributed by atoms with Gasteiger partial charge in [-0.3, -0.25) is 24.5 Å². The Morgan fingerprint density at radius 3 is 2.22 bits per heavy atom. The highest BCUT2D eigenvalue weighted by molar-refractivity contribution is 6.34. The molecule has 3 aromatic carbocycles. The van der Waals surface area contributed by atoms with E-state index in [-0.39, 0.29) is 39.3 Å². The van der Waals surface area contributed by atoms with Gasteiger partial charge in [0.2, 0.25) is 0 Å². The van der Waals surface area contributed by atoms with Crippen molar-refractivity contribution in [2.75, 3.05) is 10.2 Å². The molecule has 10 heteroatoms. The first-order valence-electron chi connectivity index (χ1n) is 9.18. The molecule has 3 amide bonds. The molecule has 4 rings (SSSR count). The molecule has 1 heterocycles. The lowest BCUT2D eigenvalue weighted by Gasteiger charge is -2.13. The number of aromatic carboxylic acids is 1. The Kier molecular flexibility index (Phi) is 4.95. The summed E-state index contributed by atoms with van der Waals surface area (Å²) in [5, 5.41) is 22.5. The lowest BCUT2D eigenvalue weighted by atomic mass is 10.1. The predicted octanol–water partition coefficient (Wildman–Crippen LogP) is 3.35. The number of fused-ring (bicyclic) bond motifs is 1. The topological polar surface area (TPSA) is 147 Å². The molecular formula is C22H13N3O7. The van der Waals surface area contributed by atoms with Crippen LogP contribution >= 0.6 is 0 Å². The Hall–Kier alpha value is -4.86. The van der Waals surface area contributed by atoms with Crippen LogP contribution in [0.2, 0.25) is 0 Å². The third kappa shape index (κ3) is 3.56. The minimum atomic E-state index is -1.14. The Labute approximate surface area is 179 Å². The summed E-state index contributed by atoms with van der Waals surface area (Å²) in [4.78, 5) is 60.2. The van der Waals surface area contributed by atoms with Crippen molar-refractivity contribution in [1.29, 1.82) is 0 Å². The monoisotopic (exact) mass is 431 g/mol. The molecule has 0 saturated carbocycles. The zero-order valence-electron chi connectivity index (χ0n) is 16.1. The fourth-order valence-electron chi connectivity index (χ4n) is 3.27. The Morgan fingerprint density at radius 1 is 0.875 bits per heavy atom. The van der Waals surface area contributed by atoms with Crippen LogP contribution in [0.1, 0.15) is 41.4 Å². The number of carboxylic acid groups (broad SMARTS) is 1. The fourth-order valence-corrected chi connectivity index (χ4v) is 3.27. The zero-order chi connectivity index (χ0) is 23.0. The highest BCUT2D eigenvalue weighted by atomic mass is 16.6. The Morgan fingerprint density at radius 2 is 1.56 bits per heavy atom. The highest BCUT2D eigenvalue weighted by Crippen LogP contribution is 2.30. The molecule has 0 aliphatic carbocycles. The van der Waals surface area contributed by atoms with E-state index in [1.54, 1.807) is 0 Å².